The summed E-state index contributed by atoms with van der Waals surface area (Å²) in [6.45, 7) is 1.57. The maximum Gasteiger partial charge on any atom is 0.205 e. The molecular weight excluding hydrogens is 181 g/mol. The molecule has 0 amide bonds. The van der Waals surface area contributed by atoms with Gasteiger partial charge in [0.2, 0.25) is 7.37 Å². The van der Waals surface area contributed by atoms with Gasteiger partial charge in [0.15, 0.2) is 0 Å². The summed E-state index contributed by atoms with van der Waals surface area (Å²) in [6.07, 6.45) is 0.594. The highest BCUT2D eigenvalue weighted by Gasteiger charge is 2.18. The normalized spacial score (nSPS) is 14.9. The van der Waals surface area contributed by atoms with Gasteiger partial charge in [-0.25, -0.2) is 0 Å². The van der Waals surface area contributed by atoms with Crippen LogP contribution in [0.5, 0.6) is 0 Å². The van der Waals surface area contributed by atoms with E-state index in [1.54, 1.807) is 6.92 Å². The number of rotatable bonds is 6. The molecule has 5 N–H and O–H groups in total. The molecule has 0 rings (SSSR count). The topological polar surface area (TPSA) is 102 Å². The highest BCUT2D eigenvalue weighted by molar-refractivity contribution is 7.58. The molecule has 0 aromatic carbocycles. The Morgan fingerprint density at radius 2 is 1.92 bits per heavy atom. The van der Waals surface area contributed by atoms with Crippen LogP contribution in [0.1, 0.15) is 6.92 Å². The van der Waals surface area contributed by atoms with Gasteiger partial charge in [0.25, 0.3) is 0 Å². The fraction of sp³-hybridized carbons (Fsp3) is 1.00. The molecule has 6 heteroatoms. The largest absolute Gasteiger partial charge is 0.396 e. The molecule has 0 bridgehead atoms. The van der Waals surface area contributed by atoms with Gasteiger partial charge in [-0.1, -0.05) is 6.92 Å². The quantitative estimate of drug-likeness (QED) is 0.539. The number of aliphatic hydroxyl groups is 2. The molecule has 0 aromatic rings. The zero-order valence-electron chi connectivity index (χ0n) is 7.40. The zero-order chi connectivity index (χ0) is 8.74. The molecule has 0 radical (unpaired) electrons. The standard InChI is InChI=1S/C6H15O4P.H3N/c1-2-11(9,6-4-8)10-5-3-7;/h7-8H,2-6H2,1H3;1H3. The van der Waals surface area contributed by atoms with Crippen molar-refractivity contribution >= 4 is 7.37 Å². The summed E-state index contributed by atoms with van der Waals surface area (Å²) in [5.74, 6) is 0. The van der Waals surface area contributed by atoms with Crippen LogP contribution >= 0.6 is 7.37 Å². The van der Waals surface area contributed by atoms with E-state index in [4.69, 9.17) is 14.7 Å². The Kier molecular flexibility index (Phi) is 9.37. The van der Waals surface area contributed by atoms with Gasteiger partial charge in [0.1, 0.15) is 0 Å². The minimum Gasteiger partial charge on any atom is -0.396 e. The lowest BCUT2D eigenvalue weighted by molar-refractivity contribution is 0.200. The summed E-state index contributed by atoms with van der Waals surface area (Å²) in [6, 6.07) is 0. The maximum atomic E-state index is 11.4. The average molecular weight is 199 g/mol. The van der Waals surface area contributed by atoms with Gasteiger partial charge in [-0.05, 0) is 0 Å². The first kappa shape index (κ1) is 14.6. The Morgan fingerprint density at radius 1 is 1.33 bits per heavy atom. The minimum atomic E-state index is -2.63. The van der Waals surface area contributed by atoms with E-state index in [9.17, 15) is 4.57 Å². The van der Waals surface area contributed by atoms with Crippen LogP contribution in [0.2, 0.25) is 0 Å². The Labute approximate surface area is 72.8 Å². The van der Waals surface area contributed by atoms with E-state index in [0.29, 0.717) is 6.16 Å². The molecule has 0 spiro atoms. The van der Waals surface area contributed by atoms with Crippen molar-refractivity contribution in [1.82, 2.24) is 6.15 Å². The van der Waals surface area contributed by atoms with Crippen LogP contribution in [0.25, 0.3) is 0 Å². The summed E-state index contributed by atoms with van der Waals surface area (Å²) in [5, 5.41) is 16.9. The second kappa shape index (κ2) is 7.71. The maximum absolute atomic E-state index is 11.4. The van der Waals surface area contributed by atoms with Crippen LogP contribution in [0, 0.1) is 0 Å². The summed E-state index contributed by atoms with van der Waals surface area (Å²) in [4.78, 5) is 0. The van der Waals surface area contributed by atoms with E-state index in [2.05, 4.69) is 0 Å². The summed E-state index contributed by atoms with van der Waals surface area (Å²) in [5.41, 5.74) is 0. The van der Waals surface area contributed by atoms with E-state index in [0.717, 1.165) is 0 Å². The van der Waals surface area contributed by atoms with Crippen LogP contribution in [0.15, 0.2) is 0 Å². The lowest BCUT2D eigenvalue weighted by Gasteiger charge is -2.14. The van der Waals surface area contributed by atoms with Crippen molar-refractivity contribution in [3.05, 3.63) is 0 Å². The fourth-order valence-corrected chi connectivity index (χ4v) is 2.02. The molecule has 0 aliphatic rings. The molecule has 0 aliphatic carbocycles. The molecule has 1 atom stereocenters. The van der Waals surface area contributed by atoms with E-state index in [1.807, 2.05) is 0 Å². The highest BCUT2D eigenvalue weighted by Crippen LogP contribution is 2.45. The van der Waals surface area contributed by atoms with E-state index < -0.39 is 7.37 Å². The van der Waals surface area contributed by atoms with Crippen molar-refractivity contribution in [2.45, 2.75) is 6.92 Å². The smallest absolute Gasteiger partial charge is 0.205 e. The van der Waals surface area contributed by atoms with Gasteiger partial charge in [-0.15, -0.1) is 0 Å². The molecule has 12 heavy (non-hydrogen) atoms. The summed E-state index contributed by atoms with van der Waals surface area (Å²) >= 11 is 0. The first-order valence-electron chi connectivity index (χ1n) is 3.63. The Balaban J connectivity index is 0. The van der Waals surface area contributed by atoms with E-state index in [1.165, 1.54) is 0 Å². The van der Waals surface area contributed by atoms with Gasteiger partial charge in [0, 0.05) is 12.3 Å². The van der Waals surface area contributed by atoms with Gasteiger partial charge < -0.3 is 20.9 Å². The minimum absolute atomic E-state index is 0. The molecule has 0 aliphatic heterocycles. The van der Waals surface area contributed by atoms with Crippen molar-refractivity contribution in [3.8, 4) is 0 Å². The lowest BCUT2D eigenvalue weighted by Crippen LogP contribution is -2.04. The van der Waals surface area contributed by atoms with E-state index >= 15 is 0 Å². The molecule has 5 nitrogen and oxygen atoms in total. The van der Waals surface area contributed by atoms with Crippen molar-refractivity contribution in [2.24, 2.45) is 0 Å². The Morgan fingerprint density at radius 3 is 2.25 bits per heavy atom. The second-order valence-electron chi connectivity index (χ2n) is 2.13. The molecule has 1 unspecified atom stereocenters. The molecule has 0 saturated heterocycles. The fourth-order valence-electron chi connectivity index (χ4n) is 0.674. The first-order chi connectivity index (χ1) is 5.18. The SMILES string of the molecule is CCP(=O)(CCO)OCCO.N. The van der Waals surface area contributed by atoms with E-state index in [-0.39, 0.29) is 32.1 Å². The lowest BCUT2D eigenvalue weighted by atomic mass is 10.8. The molecule has 0 fully saturated rings. The van der Waals surface area contributed by atoms with Gasteiger partial charge >= 0.3 is 0 Å². The predicted octanol–water partition coefficient (Wildman–Crippen LogP) is 0.448. The Bertz CT molecular complexity index is 142. The van der Waals surface area contributed by atoms with Gasteiger partial charge in [-0.3, -0.25) is 4.57 Å². The van der Waals surface area contributed by atoms with Crippen molar-refractivity contribution < 1.29 is 19.3 Å². The van der Waals surface area contributed by atoms with Crippen molar-refractivity contribution in [3.63, 3.8) is 0 Å². The molecule has 0 heterocycles. The van der Waals surface area contributed by atoms with Crippen LogP contribution in [-0.4, -0.2) is 42.4 Å². The van der Waals surface area contributed by atoms with Crippen LogP contribution in [0.4, 0.5) is 0 Å². The van der Waals surface area contributed by atoms with Gasteiger partial charge in [-0.2, -0.15) is 0 Å². The van der Waals surface area contributed by atoms with Crippen LogP contribution in [-0.2, 0) is 9.09 Å². The second-order valence-corrected chi connectivity index (χ2v) is 5.10. The third kappa shape index (κ3) is 5.69. The number of aliphatic hydroxyl groups excluding tert-OH is 2. The van der Waals surface area contributed by atoms with Gasteiger partial charge in [0.05, 0.1) is 19.8 Å². The third-order valence-corrected chi connectivity index (χ3v) is 3.84. The first-order valence-corrected chi connectivity index (χ1v) is 5.62. The van der Waals surface area contributed by atoms with Crippen LogP contribution in [0.3, 0.4) is 0 Å². The average Bonchev–Trinajstić information content (AvgIpc) is 2.02. The van der Waals surface area contributed by atoms with Crippen molar-refractivity contribution in [2.75, 3.05) is 32.1 Å². The van der Waals surface area contributed by atoms with Crippen molar-refractivity contribution in [1.29, 1.82) is 0 Å². The Hall–Kier alpha value is 0.0700. The monoisotopic (exact) mass is 199 g/mol. The summed E-state index contributed by atoms with van der Waals surface area (Å²) < 4.78 is 16.4. The number of hydrogen-bond acceptors (Lipinski definition) is 5. The summed E-state index contributed by atoms with van der Waals surface area (Å²) in [7, 11) is -2.63. The molecule has 0 aromatic heterocycles. The zero-order valence-corrected chi connectivity index (χ0v) is 8.30. The molecule has 76 valence electrons. The molecular formula is C6H18NO4P. The predicted molar refractivity (Wildman–Crippen MR) is 48.2 cm³/mol. The van der Waals surface area contributed by atoms with Crippen LogP contribution < -0.4 is 6.15 Å². The third-order valence-electron chi connectivity index (χ3n) is 1.34. The number of hydrogen-bond donors (Lipinski definition) is 3. The highest BCUT2D eigenvalue weighted by atomic mass is 31.2. The molecule has 0 saturated carbocycles.